The molecule has 2 aromatic carbocycles. The Balaban J connectivity index is 2.26. The van der Waals surface area contributed by atoms with Gasteiger partial charge in [-0.1, -0.05) is 37.6 Å². The lowest BCUT2D eigenvalue weighted by Gasteiger charge is -2.24. The molecule has 0 fully saturated rings. The molecule has 0 bridgehead atoms. The molecule has 134 valence electrons. The third-order valence-electron chi connectivity index (χ3n) is 4.62. The van der Waals surface area contributed by atoms with E-state index in [1.54, 1.807) is 12.1 Å². The first kappa shape index (κ1) is 19.6. The maximum absolute atomic E-state index is 14.3. The average Bonchev–Trinajstić information content (AvgIpc) is 2.59. The minimum absolute atomic E-state index is 0.0901. The minimum atomic E-state index is -0.483. The van der Waals surface area contributed by atoms with Gasteiger partial charge in [-0.15, -0.1) is 0 Å². The number of aryl methyl sites for hydroxylation is 1. The van der Waals surface area contributed by atoms with E-state index in [1.165, 1.54) is 6.07 Å². The molecule has 0 aliphatic rings. The molecule has 0 amide bonds. The van der Waals surface area contributed by atoms with Crippen LogP contribution in [0.5, 0.6) is 0 Å². The molecule has 2 aromatic rings. The summed E-state index contributed by atoms with van der Waals surface area (Å²) in [4.78, 5) is 12.4. The highest BCUT2D eigenvalue weighted by Crippen LogP contribution is 2.33. The molecule has 0 saturated heterocycles. The summed E-state index contributed by atoms with van der Waals surface area (Å²) in [6, 6.07) is 10.9. The fraction of sp³-hybridized carbons (Fsp3) is 0.381. The van der Waals surface area contributed by atoms with Crippen LogP contribution in [0.3, 0.4) is 0 Å². The Morgan fingerprint density at radius 3 is 2.44 bits per heavy atom. The third-order valence-corrected chi connectivity index (χ3v) is 4.87. The molecule has 0 N–H and O–H groups in total. The summed E-state index contributed by atoms with van der Waals surface area (Å²) in [5.74, 6) is -1.57. The van der Waals surface area contributed by atoms with Gasteiger partial charge in [-0.25, -0.2) is 8.78 Å². The molecule has 25 heavy (non-hydrogen) atoms. The third kappa shape index (κ3) is 5.37. The fourth-order valence-electron chi connectivity index (χ4n) is 3.15. The topological polar surface area (TPSA) is 17.1 Å². The fourth-order valence-corrected chi connectivity index (χ4v) is 3.27. The summed E-state index contributed by atoms with van der Waals surface area (Å²) >= 11 is 5.90. The second-order valence-corrected chi connectivity index (χ2v) is 6.88. The normalized spacial score (nSPS) is 13.5. The van der Waals surface area contributed by atoms with Crippen molar-refractivity contribution in [1.82, 2.24) is 0 Å². The summed E-state index contributed by atoms with van der Waals surface area (Å²) in [6.07, 6.45) is 2.44. The Hall–Kier alpha value is -1.74. The van der Waals surface area contributed by atoms with Gasteiger partial charge in [0, 0.05) is 17.4 Å². The van der Waals surface area contributed by atoms with Crippen molar-refractivity contribution in [2.75, 3.05) is 0 Å². The molecule has 2 unspecified atom stereocenters. The van der Waals surface area contributed by atoms with Gasteiger partial charge >= 0.3 is 0 Å². The summed E-state index contributed by atoms with van der Waals surface area (Å²) < 4.78 is 28.0. The number of Topliss-reactive ketones (excluding diaryl/α,β-unsaturated/α-hetero) is 1. The standard InChI is InChI=1S/C21H23ClF2O/c1-3-4-21(25)14(2)18(19-13-17(23)10-12-20(19)24)11-7-15-5-8-16(22)9-6-15/h5-6,8-10,12-14,18H,3-4,7,11H2,1-2H3. The number of benzene rings is 2. The van der Waals surface area contributed by atoms with Crippen molar-refractivity contribution in [2.45, 2.75) is 45.4 Å². The molecule has 0 aliphatic carbocycles. The Morgan fingerprint density at radius 1 is 1.12 bits per heavy atom. The Labute approximate surface area is 153 Å². The van der Waals surface area contributed by atoms with Crippen molar-refractivity contribution in [3.63, 3.8) is 0 Å². The lowest BCUT2D eigenvalue weighted by molar-refractivity contribution is -0.123. The number of carbonyl (C=O) groups is 1. The van der Waals surface area contributed by atoms with Gasteiger partial charge in [-0.2, -0.15) is 0 Å². The molecule has 2 atom stereocenters. The molecule has 0 aliphatic heterocycles. The van der Waals surface area contributed by atoms with Gasteiger partial charge in [0.2, 0.25) is 0 Å². The predicted octanol–water partition coefficient (Wildman–Crippen LogP) is 6.34. The Bertz CT molecular complexity index is 712. The maximum Gasteiger partial charge on any atom is 0.136 e. The summed E-state index contributed by atoms with van der Waals surface area (Å²) in [7, 11) is 0. The van der Waals surface area contributed by atoms with E-state index in [0.717, 1.165) is 24.1 Å². The second-order valence-electron chi connectivity index (χ2n) is 6.44. The highest BCUT2D eigenvalue weighted by Gasteiger charge is 2.27. The SMILES string of the molecule is CCCC(=O)C(C)C(CCc1ccc(Cl)cc1)c1cc(F)ccc1F. The van der Waals surface area contributed by atoms with Crippen molar-refractivity contribution in [2.24, 2.45) is 5.92 Å². The lowest BCUT2D eigenvalue weighted by Crippen LogP contribution is -2.21. The van der Waals surface area contributed by atoms with Crippen LogP contribution in [0.4, 0.5) is 8.78 Å². The van der Waals surface area contributed by atoms with Crippen LogP contribution in [0.2, 0.25) is 5.02 Å². The summed E-state index contributed by atoms with van der Waals surface area (Å²) in [5.41, 5.74) is 1.34. The first-order valence-electron chi connectivity index (χ1n) is 8.64. The van der Waals surface area contributed by atoms with Crippen molar-refractivity contribution in [3.05, 3.63) is 70.2 Å². The number of rotatable bonds is 8. The van der Waals surface area contributed by atoms with Crippen LogP contribution in [0.15, 0.2) is 42.5 Å². The smallest absolute Gasteiger partial charge is 0.136 e. The summed E-state index contributed by atoms with van der Waals surface area (Å²) in [5, 5.41) is 0.656. The van der Waals surface area contributed by atoms with E-state index in [4.69, 9.17) is 11.6 Å². The van der Waals surface area contributed by atoms with E-state index in [0.29, 0.717) is 24.3 Å². The van der Waals surface area contributed by atoms with Crippen molar-refractivity contribution >= 4 is 17.4 Å². The largest absolute Gasteiger partial charge is 0.299 e. The van der Waals surface area contributed by atoms with Gasteiger partial charge < -0.3 is 0 Å². The Morgan fingerprint density at radius 2 is 1.80 bits per heavy atom. The molecule has 0 saturated carbocycles. The lowest BCUT2D eigenvalue weighted by atomic mass is 9.79. The van der Waals surface area contributed by atoms with Crippen LogP contribution >= 0.6 is 11.6 Å². The van der Waals surface area contributed by atoms with Crippen LogP contribution in [0.1, 0.15) is 50.2 Å². The van der Waals surface area contributed by atoms with Gasteiger partial charge in [0.25, 0.3) is 0 Å². The zero-order valence-corrected chi connectivity index (χ0v) is 15.3. The number of carbonyl (C=O) groups excluding carboxylic acids is 1. The molecular weight excluding hydrogens is 342 g/mol. The second kappa shape index (κ2) is 9.10. The average molecular weight is 365 g/mol. The van der Waals surface area contributed by atoms with E-state index >= 15 is 0 Å². The molecule has 0 heterocycles. The van der Waals surface area contributed by atoms with Crippen molar-refractivity contribution in [1.29, 1.82) is 0 Å². The highest BCUT2D eigenvalue weighted by molar-refractivity contribution is 6.30. The van der Waals surface area contributed by atoms with Gasteiger partial charge in [0.05, 0.1) is 0 Å². The number of hydrogen-bond acceptors (Lipinski definition) is 1. The molecule has 1 nitrogen and oxygen atoms in total. The van der Waals surface area contributed by atoms with Gasteiger partial charge in [0.1, 0.15) is 17.4 Å². The van der Waals surface area contributed by atoms with Crippen LogP contribution in [0.25, 0.3) is 0 Å². The zero-order valence-electron chi connectivity index (χ0n) is 14.6. The van der Waals surface area contributed by atoms with Gasteiger partial charge in [0.15, 0.2) is 0 Å². The first-order chi connectivity index (χ1) is 11.9. The van der Waals surface area contributed by atoms with Crippen LogP contribution < -0.4 is 0 Å². The number of ketones is 1. The van der Waals surface area contributed by atoms with E-state index in [2.05, 4.69) is 0 Å². The molecule has 2 rings (SSSR count). The van der Waals surface area contributed by atoms with Gasteiger partial charge in [-0.05, 0) is 66.6 Å². The molecule has 4 heteroatoms. The van der Waals surface area contributed by atoms with Crippen LogP contribution in [0, 0.1) is 17.6 Å². The molecule has 0 aromatic heterocycles. The zero-order chi connectivity index (χ0) is 18.4. The van der Waals surface area contributed by atoms with Crippen LogP contribution in [-0.2, 0) is 11.2 Å². The van der Waals surface area contributed by atoms with Crippen molar-refractivity contribution < 1.29 is 13.6 Å². The van der Waals surface area contributed by atoms with E-state index in [9.17, 15) is 13.6 Å². The summed E-state index contributed by atoms with van der Waals surface area (Å²) in [6.45, 7) is 3.75. The van der Waals surface area contributed by atoms with Gasteiger partial charge in [-0.3, -0.25) is 4.79 Å². The minimum Gasteiger partial charge on any atom is -0.299 e. The highest BCUT2D eigenvalue weighted by atomic mass is 35.5. The van der Waals surface area contributed by atoms with Crippen molar-refractivity contribution in [3.8, 4) is 0 Å². The van der Waals surface area contributed by atoms with E-state index < -0.39 is 11.6 Å². The predicted molar refractivity (Wildman–Crippen MR) is 98.0 cm³/mol. The maximum atomic E-state index is 14.3. The number of halogens is 3. The monoisotopic (exact) mass is 364 g/mol. The van der Waals surface area contributed by atoms with Crippen LogP contribution in [-0.4, -0.2) is 5.78 Å². The molecular formula is C21H23ClF2O. The first-order valence-corrected chi connectivity index (χ1v) is 9.02. The quantitative estimate of drug-likeness (QED) is 0.534. The van der Waals surface area contributed by atoms with E-state index in [-0.39, 0.29) is 23.2 Å². The number of hydrogen-bond donors (Lipinski definition) is 0. The molecule has 0 spiro atoms. The molecule has 0 radical (unpaired) electrons. The van der Waals surface area contributed by atoms with E-state index in [1.807, 2.05) is 26.0 Å². The Kier molecular flexibility index (Phi) is 7.12.